The van der Waals surface area contributed by atoms with Gasteiger partial charge in [0.25, 0.3) is 0 Å². The Bertz CT molecular complexity index is 1030. The highest BCUT2D eigenvalue weighted by molar-refractivity contribution is 6.33. The van der Waals surface area contributed by atoms with Gasteiger partial charge < -0.3 is 15.2 Å². The summed E-state index contributed by atoms with van der Waals surface area (Å²) in [5.41, 5.74) is 4.07. The van der Waals surface area contributed by atoms with Crippen molar-refractivity contribution in [1.29, 1.82) is 0 Å². The summed E-state index contributed by atoms with van der Waals surface area (Å²) in [7, 11) is 0. The predicted molar refractivity (Wildman–Crippen MR) is 109 cm³/mol. The molecule has 0 saturated heterocycles. The molecule has 3 heterocycles. The zero-order valence-electron chi connectivity index (χ0n) is 14.5. The summed E-state index contributed by atoms with van der Waals surface area (Å²) in [6, 6.07) is 9.11. The third kappa shape index (κ3) is 3.80. The lowest BCUT2D eigenvalue weighted by atomic mass is 10.00. The monoisotopic (exact) mass is 400 g/mol. The number of benzene rings is 1. The number of carbonyl (C=O) groups excluding carboxylic acids is 1. The number of aromatic amines is 1. The Morgan fingerprint density at radius 2 is 2.19 bits per heavy atom. The molecule has 27 heavy (non-hydrogen) atoms. The number of halogens is 2. The fraction of sp³-hybridized carbons (Fsp3) is 0.200. The molecule has 1 aliphatic heterocycles. The van der Waals surface area contributed by atoms with Gasteiger partial charge in [0.1, 0.15) is 5.65 Å². The van der Waals surface area contributed by atoms with Gasteiger partial charge in [0, 0.05) is 53.0 Å². The number of nitrogens with one attached hydrogen (secondary N) is 2. The standard InChI is InChI=1S/C20H18Cl2N4O/c21-15-3-4-18(22)14(10-15)11-25-20(27)26-8-5-13(6-9-26)17-12-24-19-16(17)2-1-7-23-19/h1-5,7,10,12H,6,8-9,11H2,(H,23,24)(H,25,27). The van der Waals surface area contributed by atoms with Crippen LogP contribution in [0, 0.1) is 0 Å². The number of pyridine rings is 1. The molecule has 7 heteroatoms. The average Bonchev–Trinajstić information content (AvgIpc) is 3.13. The van der Waals surface area contributed by atoms with Crippen LogP contribution in [0.3, 0.4) is 0 Å². The van der Waals surface area contributed by atoms with Gasteiger partial charge in [-0.15, -0.1) is 0 Å². The fourth-order valence-electron chi connectivity index (χ4n) is 3.28. The zero-order valence-corrected chi connectivity index (χ0v) is 16.0. The summed E-state index contributed by atoms with van der Waals surface area (Å²) in [5, 5.41) is 5.21. The lowest BCUT2D eigenvalue weighted by Crippen LogP contribution is -2.41. The molecule has 0 spiro atoms. The molecule has 1 aliphatic rings. The number of fused-ring (bicyclic) bond motifs is 1. The van der Waals surface area contributed by atoms with Crippen molar-refractivity contribution >= 4 is 45.8 Å². The topological polar surface area (TPSA) is 61.0 Å². The lowest BCUT2D eigenvalue weighted by Gasteiger charge is -2.26. The first-order valence-electron chi connectivity index (χ1n) is 8.70. The van der Waals surface area contributed by atoms with E-state index in [4.69, 9.17) is 23.2 Å². The van der Waals surface area contributed by atoms with Gasteiger partial charge in [0.15, 0.2) is 0 Å². The fourth-order valence-corrected chi connectivity index (χ4v) is 3.66. The van der Waals surface area contributed by atoms with Gasteiger partial charge in [-0.05, 0) is 47.9 Å². The Morgan fingerprint density at radius 3 is 3.00 bits per heavy atom. The second kappa shape index (κ2) is 7.62. The smallest absolute Gasteiger partial charge is 0.317 e. The minimum absolute atomic E-state index is 0.109. The van der Waals surface area contributed by atoms with E-state index in [1.807, 2.05) is 12.3 Å². The molecule has 2 N–H and O–H groups in total. The van der Waals surface area contributed by atoms with Gasteiger partial charge in [-0.3, -0.25) is 0 Å². The molecule has 0 fully saturated rings. The Hall–Kier alpha value is -2.50. The summed E-state index contributed by atoms with van der Waals surface area (Å²) in [6.45, 7) is 1.57. The summed E-state index contributed by atoms with van der Waals surface area (Å²) in [6.07, 6.45) is 6.66. The first-order chi connectivity index (χ1) is 13.1. The van der Waals surface area contributed by atoms with Gasteiger partial charge >= 0.3 is 6.03 Å². The first kappa shape index (κ1) is 17.9. The molecule has 2 aromatic heterocycles. The number of urea groups is 1. The number of amides is 2. The van der Waals surface area contributed by atoms with E-state index in [1.54, 1.807) is 29.3 Å². The molecule has 0 radical (unpaired) electrons. The summed E-state index contributed by atoms with van der Waals surface area (Å²) >= 11 is 12.1. The lowest BCUT2D eigenvalue weighted by molar-refractivity contribution is 0.202. The number of hydrogen-bond acceptors (Lipinski definition) is 2. The molecule has 2 amide bonds. The number of hydrogen-bond donors (Lipinski definition) is 2. The van der Waals surface area contributed by atoms with E-state index < -0.39 is 0 Å². The van der Waals surface area contributed by atoms with Gasteiger partial charge in [-0.25, -0.2) is 9.78 Å². The maximum atomic E-state index is 12.5. The molecular weight excluding hydrogens is 383 g/mol. The maximum absolute atomic E-state index is 12.5. The van der Waals surface area contributed by atoms with Crippen molar-refractivity contribution in [2.75, 3.05) is 13.1 Å². The Kier molecular flexibility index (Phi) is 5.05. The van der Waals surface area contributed by atoms with E-state index in [1.165, 1.54) is 5.57 Å². The van der Waals surface area contributed by atoms with Crippen molar-refractivity contribution in [2.45, 2.75) is 13.0 Å². The van der Waals surface area contributed by atoms with Crippen molar-refractivity contribution in [2.24, 2.45) is 0 Å². The van der Waals surface area contributed by atoms with Gasteiger partial charge in [-0.1, -0.05) is 29.3 Å². The van der Waals surface area contributed by atoms with Crippen molar-refractivity contribution < 1.29 is 4.79 Å². The summed E-state index contributed by atoms with van der Waals surface area (Å²) in [5.74, 6) is 0. The van der Waals surface area contributed by atoms with E-state index >= 15 is 0 Å². The van der Waals surface area contributed by atoms with Crippen LogP contribution in [0.4, 0.5) is 4.79 Å². The highest BCUT2D eigenvalue weighted by atomic mass is 35.5. The number of nitrogens with zero attached hydrogens (tertiary/aromatic N) is 2. The van der Waals surface area contributed by atoms with Crippen LogP contribution in [0.5, 0.6) is 0 Å². The third-order valence-electron chi connectivity index (χ3n) is 4.73. The Labute approximate surface area is 167 Å². The molecule has 0 atom stereocenters. The second-order valence-electron chi connectivity index (χ2n) is 6.42. The van der Waals surface area contributed by atoms with E-state index in [0.29, 0.717) is 29.7 Å². The van der Waals surface area contributed by atoms with Crippen LogP contribution in [0.15, 0.2) is 48.8 Å². The Morgan fingerprint density at radius 1 is 1.30 bits per heavy atom. The second-order valence-corrected chi connectivity index (χ2v) is 7.27. The van der Waals surface area contributed by atoms with Crippen LogP contribution >= 0.6 is 23.2 Å². The molecule has 0 bridgehead atoms. The van der Waals surface area contributed by atoms with E-state index in [2.05, 4.69) is 27.4 Å². The number of aromatic nitrogens is 2. The normalized spacial score (nSPS) is 14.3. The highest BCUT2D eigenvalue weighted by Crippen LogP contribution is 2.28. The van der Waals surface area contributed by atoms with Gasteiger partial charge in [-0.2, -0.15) is 0 Å². The number of carbonyl (C=O) groups is 1. The van der Waals surface area contributed by atoms with Crippen molar-refractivity contribution in [3.8, 4) is 0 Å². The maximum Gasteiger partial charge on any atom is 0.317 e. The zero-order chi connectivity index (χ0) is 18.8. The minimum Gasteiger partial charge on any atom is -0.346 e. The minimum atomic E-state index is -0.109. The molecule has 0 unspecified atom stereocenters. The van der Waals surface area contributed by atoms with E-state index in [-0.39, 0.29) is 6.03 Å². The predicted octanol–water partition coefficient (Wildman–Crippen LogP) is 4.87. The highest BCUT2D eigenvalue weighted by Gasteiger charge is 2.19. The van der Waals surface area contributed by atoms with Crippen LogP contribution in [0.25, 0.3) is 16.6 Å². The molecular formula is C20H18Cl2N4O. The molecule has 1 aromatic carbocycles. The quantitative estimate of drug-likeness (QED) is 0.658. The Balaban J connectivity index is 1.41. The number of rotatable bonds is 3. The molecule has 0 saturated carbocycles. The SMILES string of the molecule is O=C(NCc1cc(Cl)ccc1Cl)N1CC=C(c2c[nH]c3ncccc23)CC1. The van der Waals surface area contributed by atoms with Crippen molar-refractivity contribution in [3.05, 3.63) is 70.0 Å². The summed E-state index contributed by atoms with van der Waals surface area (Å²) < 4.78 is 0. The van der Waals surface area contributed by atoms with Crippen molar-refractivity contribution in [1.82, 2.24) is 20.2 Å². The largest absolute Gasteiger partial charge is 0.346 e. The molecule has 4 rings (SSSR count). The molecule has 5 nitrogen and oxygen atoms in total. The van der Waals surface area contributed by atoms with Crippen LogP contribution in [-0.4, -0.2) is 34.0 Å². The molecule has 3 aromatic rings. The number of H-pyrrole nitrogens is 1. The summed E-state index contributed by atoms with van der Waals surface area (Å²) in [4.78, 5) is 21.8. The van der Waals surface area contributed by atoms with Crippen LogP contribution < -0.4 is 5.32 Å². The van der Waals surface area contributed by atoms with Gasteiger partial charge in [0.2, 0.25) is 0 Å². The van der Waals surface area contributed by atoms with Gasteiger partial charge in [0.05, 0.1) is 0 Å². The third-order valence-corrected chi connectivity index (χ3v) is 5.34. The van der Waals surface area contributed by atoms with Crippen LogP contribution in [-0.2, 0) is 6.54 Å². The van der Waals surface area contributed by atoms with E-state index in [9.17, 15) is 4.79 Å². The first-order valence-corrected chi connectivity index (χ1v) is 9.45. The molecule has 138 valence electrons. The molecule has 0 aliphatic carbocycles. The van der Waals surface area contributed by atoms with Crippen LogP contribution in [0.1, 0.15) is 17.5 Å². The average molecular weight is 401 g/mol. The van der Waals surface area contributed by atoms with E-state index in [0.717, 1.165) is 28.6 Å². The van der Waals surface area contributed by atoms with Crippen LogP contribution in [0.2, 0.25) is 10.0 Å². The van der Waals surface area contributed by atoms with Crippen molar-refractivity contribution in [3.63, 3.8) is 0 Å².